The highest BCUT2D eigenvalue weighted by Gasteiger charge is 2.33. The molecule has 20 heavy (non-hydrogen) atoms. The van der Waals surface area contributed by atoms with Gasteiger partial charge in [-0.15, -0.1) is 13.2 Å². The molecule has 8 heteroatoms. The largest absolute Gasteiger partial charge is 0.573 e. The maximum Gasteiger partial charge on any atom is 0.573 e. The number of carbonyl (C=O) groups excluding carboxylic acids is 1. The summed E-state index contributed by atoms with van der Waals surface area (Å²) in [4.78, 5) is 11.6. The zero-order valence-corrected chi connectivity index (χ0v) is 11.8. The van der Waals surface area contributed by atoms with E-state index in [0.717, 1.165) is 6.07 Å². The summed E-state index contributed by atoms with van der Waals surface area (Å²) in [5.74, 6) is -1.51. The van der Waals surface area contributed by atoms with Crippen molar-refractivity contribution >= 4 is 21.9 Å². The van der Waals surface area contributed by atoms with Crippen molar-refractivity contribution < 1.29 is 27.4 Å². The number of esters is 1. The molecule has 1 rings (SSSR count). The summed E-state index contributed by atoms with van der Waals surface area (Å²) in [6.45, 7) is 1.65. The van der Waals surface area contributed by atoms with E-state index in [2.05, 4.69) is 20.7 Å². The van der Waals surface area contributed by atoms with Gasteiger partial charge in [-0.1, -0.05) is 15.9 Å². The second kappa shape index (κ2) is 6.61. The molecule has 0 heterocycles. The molecule has 1 aromatic carbocycles. The van der Waals surface area contributed by atoms with Gasteiger partial charge in [0.1, 0.15) is 11.8 Å². The number of ether oxygens (including phenoxy) is 2. The minimum absolute atomic E-state index is 0.0813. The zero-order valence-electron chi connectivity index (χ0n) is 10.3. The fraction of sp³-hybridized carbons (Fsp3) is 0.333. The first-order chi connectivity index (χ1) is 9.32. The Morgan fingerprint density at radius 3 is 2.55 bits per heavy atom. The van der Waals surface area contributed by atoms with Crippen LogP contribution in [0.5, 0.6) is 5.75 Å². The Labute approximate surface area is 121 Å². The molecule has 0 spiro atoms. The van der Waals surface area contributed by atoms with Crippen molar-refractivity contribution in [1.82, 2.24) is 0 Å². The van der Waals surface area contributed by atoms with Crippen molar-refractivity contribution in [2.75, 3.05) is 6.61 Å². The van der Waals surface area contributed by atoms with E-state index in [1.54, 1.807) is 13.0 Å². The molecule has 1 aromatic rings. The van der Waals surface area contributed by atoms with E-state index in [0.29, 0.717) is 0 Å². The molecule has 0 saturated heterocycles. The number of benzene rings is 1. The standard InChI is InChI=1S/C12H9BrF3NO3/c1-2-19-11(18)7-3-8(5-13)9(6-17)10(4-7)20-12(14,15)16/h3-4H,2,5H2,1H3. The monoisotopic (exact) mass is 351 g/mol. The molecule has 0 unspecified atom stereocenters. The Morgan fingerprint density at radius 1 is 1.45 bits per heavy atom. The molecule has 0 fully saturated rings. The normalized spacial score (nSPS) is 10.8. The Bertz CT molecular complexity index is 552. The van der Waals surface area contributed by atoms with E-state index in [1.165, 1.54) is 6.07 Å². The van der Waals surface area contributed by atoms with Gasteiger partial charge in [-0.3, -0.25) is 0 Å². The van der Waals surface area contributed by atoms with Crippen LogP contribution >= 0.6 is 15.9 Å². The molecule has 0 amide bonds. The van der Waals surface area contributed by atoms with Crippen LogP contribution in [0.25, 0.3) is 0 Å². The number of rotatable bonds is 4. The van der Waals surface area contributed by atoms with Crippen LogP contribution in [0.3, 0.4) is 0 Å². The summed E-state index contributed by atoms with van der Waals surface area (Å²) in [5.41, 5.74) is -0.191. The molecule has 0 aliphatic rings. The van der Waals surface area contributed by atoms with E-state index >= 15 is 0 Å². The summed E-state index contributed by atoms with van der Waals surface area (Å²) in [6, 6.07) is 3.76. The zero-order chi connectivity index (χ0) is 15.3. The van der Waals surface area contributed by atoms with Gasteiger partial charge in [-0.2, -0.15) is 5.26 Å². The minimum Gasteiger partial charge on any atom is -0.462 e. The molecule has 0 bridgehead atoms. The molecule has 0 aromatic heterocycles. The fourth-order valence-electron chi connectivity index (χ4n) is 1.44. The number of alkyl halides is 4. The number of hydrogen-bond donors (Lipinski definition) is 0. The van der Waals surface area contributed by atoms with Crippen LogP contribution in [0.1, 0.15) is 28.4 Å². The lowest BCUT2D eigenvalue weighted by atomic mass is 10.0. The van der Waals surface area contributed by atoms with Crippen molar-refractivity contribution in [1.29, 1.82) is 5.26 Å². The first kappa shape index (κ1) is 16.3. The van der Waals surface area contributed by atoms with Crippen LogP contribution in [-0.2, 0) is 10.1 Å². The van der Waals surface area contributed by atoms with E-state index in [4.69, 9.17) is 10.00 Å². The molecule has 108 valence electrons. The second-order valence-corrected chi connectivity index (χ2v) is 4.08. The number of nitrogens with zero attached hydrogens (tertiary/aromatic N) is 1. The topological polar surface area (TPSA) is 59.3 Å². The number of nitriles is 1. The molecule has 0 atom stereocenters. The fourth-order valence-corrected chi connectivity index (χ4v) is 1.89. The Hall–Kier alpha value is -1.75. The predicted molar refractivity (Wildman–Crippen MR) is 66.4 cm³/mol. The van der Waals surface area contributed by atoms with Gasteiger partial charge in [0.15, 0.2) is 0 Å². The molecule has 4 nitrogen and oxygen atoms in total. The van der Waals surface area contributed by atoms with Crippen molar-refractivity contribution in [3.8, 4) is 11.8 Å². The molecular formula is C12H9BrF3NO3. The molecular weight excluding hydrogens is 343 g/mol. The van der Waals surface area contributed by atoms with Crippen LogP contribution in [0.15, 0.2) is 12.1 Å². The number of halogens is 4. The van der Waals surface area contributed by atoms with Gasteiger partial charge in [0.05, 0.1) is 17.7 Å². The van der Waals surface area contributed by atoms with E-state index < -0.39 is 18.1 Å². The third kappa shape index (κ3) is 4.13. The molecule has 0 N–H and O–H groups in total. The van der Waals surface area contributed by atoms with E-state index in [9.17, 15) is 18.0 Å². The van der Waals surface area contributed by atoms with E-state index in [-0.39, 0.29) is 28.6 Å². The maximum atomic E-state index is 12.3. The highest BCUT2D eigenvalue weighted by Crippen LogP contribution is 2.31. The lowest BCUT2D eigenvalue weighted by molar-refractivity contribution is -0.274. The van der Waals surface area contributed by atoms with Gasteiger partial charge >= 0.3 is 12.3 Å². The summed E-state index contributed by atoms with van der Waals surface area (Å²) in [7, 11) is 0. The second-order valence-electron chi connectivity index (χ2n) is 3.52. The number of carbonyl (C=O) groups is 1. The SMILES string of the molecule is CCOC(=O)c1cc(CBr)c(C#N)c(OC(F)(F)F)c1. The van der Waals surface area contributed by atoms with Crippen molar-refractivity contribution in [2.45, 2.75) is 18.6 Å². The van der Waals surface area contributed by atoms with E-state index in [1.807, 2.05) is 0 Å². The van der Waals surface area contributed by atoms with Crippen LogP contribution in [0.2, 0.25) is 0 Å². The van der Waals surface area contributed by atoms with Crippen LogP contribution < -0.4 is 4.74 Å². The Kier molecular flexibility index (Phi) is 5.39. The molecule has 0 saturated carbocycles. The van der Waals surface area contributed by atoms with Crippen LogP contribution in [0.4, 0.5) is 13.2 Å². The van der Waals surface area contributed by atoms with Crippen LogP contribution in [-0.4, -0.2) is 18.9 Å². The van der Waals surface area contributed by atoms with Gasteiger partial charge in [0.25, 0.3) is 0 Å². The minimum atomic E-state index is -4.96. The van der Waals surface area contributed by atoms with Gasteiger partial charge < -0.3 is 9.47 Å². The summed E-state index contributed by atoms with van der Waals surface area (Å²) in [5, 5.41) is 9.02. The Morgan fingerprint density at radius 2 is 2.10 bits per heavy atom. The van der Waals surface area contributed by atoms with Crippen molar-refractivity contribution in [3.05, 3.63) is 28.8 Å². The third-order valence-corrected chi connectivity index (χ3v) is 2.78. The number of hydrogen-bond acceptors (Lipinski definition) is 4. The highest BCUT2D eigenvalue weighted by atomic mass is 79.9. The van der Waals surface area contributed by atoms with Gasteiger partial charge in [-0.05, 0) is 24.6 Å². The van der Waals surface area contributed by atoms with Crippen molar-refractivity contribution in [3.63, 3.8) is 0 Å². The molecule has 0 radical (unpaired) electrons. The molecule has 0 aliphatic carbocycles. The predicted octanol–water partition coefficient (Wildman–Crippen LogP) is 3.53. The maximum absolute atomic E-state index is 12.3. The highest BCUT2D eigenvalue weighted by molar-refractivity contribution is 9.08. The molecule has 0 aliphatic heterocycles. The van der Waals surface area contributed by atoms with Gasteiger partial charge in [0, 0.05) is 5.33 Å². The lowest BCUT2D eigenvalue weighted by Gasteiger charge is -2.13. The first-order valence-electron chi connectivity index (χ1n) is 5.38. The quantitative estimate of drug-likeness (QED) is 0.615. The average molecular weight is 352 g/mol. The summed E-state index contributed by atoms with van der Waals surface area (Å²) >= 11 is 3.05. The van der Waals surface area contributed by atoms with Gasteiger partial charge in [-0.25, -0.2) is 4.79 Å². The average Bonchev–Trinajstić information content (AvgIpc) is 2.36. The summed E-state index contributed by atoms with van der Waals surface area (Å²) < 4.78 is 45.4. The van der Waals surface area contributed by atoms with Crippen molar-refractivity contribution in [2.24, 2.45) is 0 Å². The Balaban J connectivity index is 3.35. The third-order valence-electron chi connectivity index (χ3n) is 2.18. The van der Waals surface area contributed by atoms with Gasteiger partial charge in [0.2, 0.25) is 0 Å². The smallest absolute Gasteiger partial charge is 0.462 e. The van der Waals surface area contributed by atoms with Crippen LogP contribution in [0, 0.1) is 11.3 Å². The summed E-state index contributed by atoms with van der Waals surface area (Å²) in [6.07, 6.45) is -4.96. The first-order valence-corrected chi connectivity index (χ1v) is 6.50. The lowest BCUT2D eigenvalue weighted by Crippen LogP contribution is -2.19.